The minimum Gasteiger partial charge on any atom is -0.349 e. The molecule has 2 heterocycles. The second-order valence-electron chi connectivity index (χ2n) is 7.27. The third kappa shape index (κ3) is 4.24. The number of halogens is 2. The Hall–Kier alpha value is -3.12. The predicted molar refractivity (Wildman–Crippen MR) is 114 cm³/mol. The third-order valence-electron chi connectivity index (χ3n) is 5.32. The van der Waals surface area contributed by atoms with Gasteiger partial charge in [-0.3, -0.25) is 9.59 Å². The summed E-state index contributed by atoms with van der Waals surface area (Å²) in [5.74, 6) is -1.20. The van der Waals surface area contributed by atoms with E-state index in [1.807, 2.05) is 53.4 Å². The molecule has 1 fully saturated rings. The maximum atomic E-state index is 13.9. The van der Waals surface area contributed by atoms with Gasteiger partial charge in [0.15, 0.2) is 0 Å². The fourth-order valence-corrected chi connectivity index (χ4v) is 3.91. The van der Waals surface area contributed by atoms with Crippen molar-refractivity contribution < 1.29 is 14.0 Å². The second kappa shape index (κ2) is 8.71. The first-order valence-electron chi connectivity index (χ1n) is 9.80. The number of hydrogen-bond donors (Lipinski definition) is 1. The number of nitrogens with zero attached hydrogens (tertiary/aromatic N) is 2. The van der Waals surface area contributed by atoms with Crippen LogP contribution in [0.2, 0.25) is 5.02 Å². The van der Waals surface area contributed by atoms with Gasteiger partial charge in [-0.15, -0.1) is 0 Å². The van der Waals surface area contributed by atoms with Crippen molar-refractivity contribution in [2.24, 2.45) is 0 Å². The Labute approximate surface area is 179 Å². The summed E-state index contributed by atoms with van der Waals surface area (Å²) in [4.78, 5) is 27.0. The van der Waals surface area contributed by atoms with Crippen molar-refractivity contribution in [2.75, 3.05) is 13.1 Å². The van der Waals surface area contributed by atoms with Crippen LogP contribution in [0.1, 0.15) is 33.6 Å². The van der Waals surface area contributed by atoms with E-state index in [9.17, 15) is 14.0 Å². The summed E-state index contributed by atoms with van der Waals surface area (Å²) < 4.78 is 15.9. The zero-order valence-corrected chi connectivity index (χ0v) is 17.0. The van der Waals surface area contributed by atoms with Gasteiger partial charge in [-0.05, 0) is 61.4 Å². The molecule has 0 unspecified atom stereocenters. The van der Waals surface area contributed by atoms with E-state index < -0.39 is 11.7 Å². The number of nitrogens with one attached hydrogen (secondary N) is 1. The van der Waals surface area contributed by atoms with Gasteiger partial charge in [-0.1, -0.05) is 17.7 Å². The lowest BCUT2D eigenvalue weighted by Crippen LogP contribution is -2.46. The number of carbonyl (C=O) groups is 2. The van der Waals surface area contributed by atoms with E-state index in [4.69, 9.17) is 11.6 Å². The first-order chi connectivity index (χ1) is 14.5. The minimum atomic E-state index is -0.643. The van der Waals surface area contributed by atoms with Gasteiger partial charge in [0, 0.05) is 42.8 Å². The van der Waals surface area contributed by atoms with Gasteiger partial charge in [-0.25, -0.2) is 4.39 Å². The van der Waals surface area contributed by atoms with Crippen molar-refractivity contribution in [3.63, 3.8) is 0 Å². The van der Waals surface area contributed by atoms with Gasteiger partial charge in [0.2, 0.25) is 0 Å². The largest absolute Gasteiger partial charge is 0.349 e. The number of aromatic nitrogens is 1. The van der Waals surface area contributed by atoms with Gasteiger partial charge in [0.25, 0.3) is 11.8 Å². The molecule has 4 rings (SSSR count). The zero-order chi connectivity index (χ0) is 21.1. The average Bonchev–Trinajstić information content (AvgIpc) is 3.29. The highest BCUT2D eigenvalue weighted by Crippen LogP contribution is 2.21. The van der Waals surface area contributed by atoms with Crippen molar-refractivity contribution in [1.29, 1.82) is 0 Å². The molecule has 1 N–H and O–H groups in total. The molecule has 0 spiro atoms. The van der Waals surface area contributed by atoms with Crippen LogP contribution in [0.4, 0.5) is 4.39 Å². The lowest BCUT2D eigenvalue weighted by molar-refractivity contribution is 0.0698. The highest BCUT2D eigenvalue weighted by molar-refractivity contribution is 6.33. The number of rotatable bonds is 4. The van der Waals surface area contributed by atoms with Crippen molar-refractivity contribution in [2.45, 2.75) is 18.9 Å². The number of piperidine rings is 1. The SMILES string of the molecule is O=C(NC1CCN(C(=O)c2ccc(-n3cccc3)cc2)CC1)c1c(F)cccc1Cl. The molecule has 154 valence electrons. The summed E-state index contributed by atoms with van der Waals surface area (Å²) in [6.07, 6.45) is 5.10. The molecule has 2 amide bonds. The zero-order valence-electron chi connectivity index (χ0n) is 16.2. The lowest BCUT2D eigenvalue weighted by Gasteiger charge is -2.32. The van der Waals surface area contributed by atoms with Crippen LogP contribution in [-0.2, 0) is 0 Å². The van der Waals surface area contributed by atoms with Gasteiger partial charge in [0.05, 0.1) is 10.6 Å². The van der Waals surface area contributed by atoms with Gasteiger partial charge in [-0.2, -0.15) is 0 Å². The maximum absolute atomic E-state index is 13.9. The molecule has 0 bridgehead atoms. The van der Waals surface area contributed by atoms with Crippen molar-refractivity contribution in [3.8, 4) is 5.69 Å². The quantitative estimate of drug-likeness (QED) is 0.677. The fraction of sp³-hybridized carbons (Fsp3) is 0.217. The number of benzene rings is 2. The highest BCUT2D eigenvalue weighted by Gasteiger charge is 2.26. The fourth-order valence-electron chi connectivity index (χ4n) is 3.66. The van der Waals surface area contributed by atoms with Crippen LogP contribution in [0.5, 0.6) is 0 Å². The van der Waals surface area contributed by atoms with Crippen molar-refractivity contribution >= 4 is 23.4 Å². The molecule has 0 saturated carbocycles. The molecule has 30 heavy (non-hydrogen) atoms. The Morgan fingerprint density at radius 2 is 1.63 bits per heavy atom. The van der Waals surface area contributed by atoms with E-state index in [-0.39, 0.29) is 22.5 Å². The van der Waals surface area contributed by atoms with E-state index in [0.29, 0.717) is 31.5 Å². The van der Waals surface area contributed by atoms with E-state index in [1.54, 1.807) is 4.90 Å². The molecule has 0 radical (unpaired) electrons. The molecule has 2 aromatic carbocycles. The van der Waals surface area contributed by atoms with Gasteiger partial charge in [0.1, 0.15) is 5.82 Å². The topological polar surface area (TPSA) is 54.3 Å². The van der Waals surface area contributed by atoms with Crippen LogP contribution in [0.25, 0.3) is 5.69 Å². The number of amides is 2. The van der Waals surface area contributed by atoms with Crippen LogP contribution in [0.15, 0.2) is 67.0 Å². The first kappa shape index (κ1) is 20.2. The summed E-state index contributed by atoms with van der Waals surface area (Å²) in [5.41, 5.74) is 1.48. The summed E-state index contributed by atoms with van der Waals surface area (Å²) in [6.45, 7) is 1.04. The Bertz CT molecular complexity index is 1020. The van der Waals surface area contributed by atoms with E-state index in [0.717, 1.165) is 5.69 Å². The normalized spacial score (nSPS) is 14.5. The van der Waals surface area contributed by atoms with Gasteiger partial charge >= 0.3 is 0 Å². The summed E-state index contributed by atoms with van der Waals surface area (Å²) in [7, 11) is 0. The standard InChI is InChI=1S/C23H21ClFN3O2/c24-19-4-3-5-20(25)21(19)22(29)26-17-10-14-28(15-11-17)23(30)16-6-8-18(9-7-16)27-12-1-2-13-27/h1-9,12-13,17H,10-11,14-15H2,(H,26,29). The monoisotopic (exact) mass is 425 g/mol. The predicted octanol–water partition coefficient (Wildman–Crippen LogP) is 4.30. The number of carbonyl (C=O) groups excluding carboxylic acids is 2. The average molecular weight is 426 g/mol. The molecular formula is C23H21ClFN3O2. The summed E-state index contributed by atoms with van der Waals surface area (Å²) >= 11 is 5.96. The molecule has 1 aliphatic heterocycles. The molecule has 3 aromatic rings. The molecule has 0 atom stereocenters. The van der Waals surface area contributed by atoms with Crippen LogP contribution in [0.3, 0.4) is 0 Å². The summed E-state index contributed by atoms with van der Waals surface area (Å²) in [6, 6.07) is 15.4. The second-order valence-corrected chi connectivity index (χ2v) is 7.68. The van der Waals surface area contributed by atoms with Crippen molar-refractivity contribution in [3.05, 3.63) is 89.0 Å². The van der Waals surface area contributed by atoms with E-state index in [2.05, 4.69) is 5.32 Å². The molecule has 1 aliphatic rings. The minimum absolute atomic E-state index is 0.0315. The van der Waals surface area contributed by atoms with Crippen LogP contribution >= 0.6 is 11.6 Å². The summed E-state index contributed by atoms with van der Waals surface area (Å²) in [5, 5.41) is 2.92. The highest BCUT2D eigenvalue weighted by atomic mass is 35.5. The van der Waals surface area contributed by atoms with E-state index in [1.165, 1.54) is 18.2 Å². The molecule has 1 saturated heterocycles. The van der Waals surface area contributed by atoms with Crippen molar-refractivity contribution in [1.82, 2.24) is 14.8 Å². The Balaban J connectivity index is 1.34. The molecule has 1 aromatic heterocycles. The van der Waals surface area contributed by atoms with Crippen LogP contribution < -0.4 is 5.32 Å². The molecule has 5 nitrogen and oxygen atoms in total. The molecular weight excluding hydrogens is 405 g/mol. The molecule has 7 heteroatoms. The van der Waals surface area contributed by atoms with E-state index >= 15 is 0 Å². The Morgan fingerprint density at radius 1 is 0.967 bits per heavy atom. The van der Waals surface area contributed by atoms with Crippen LogP contribution in [-0.4, -0.2) is 40.4 Å². The smallest absolute Gasteiger partial charge is 0.255 e. The maximum Gasteiger partial charge on any atom is 0.255 e. The number of likely N-dealkylation sites (tertiary alicyclic amines) is 1. The molecule has 0 aliphatic carbocycles. The lowest BCUT2D eigenvalue weighted by atomic mass is 10.0. The Kier molecular flexibility index (Phi) is 5.86. The first-order valence-corrected chi connectivity index (χ1v) is 10.2. The van der Waals surface area contributed by atoms with Gasteiger partial charge < -0.3 is 14.8 Å². The van der Waals surface area contributed by atoms with Crippen LogP contribution in [0, 0.1) is 5.82 Å². The Morgan fingerprint density at radius 3 is 2.27 bits per heavy atom. The third-order valence-corrected chi connectivity index (χ3v) is 5.64. The number of hydrogen-bond acceptors (Lipinski definition) is 2.